The third kappa shape index (κ3) is 2.46. The molecule has 4 heteroatoms. The molecule has 0 spiro atoms. The standard InChI is InChI=1S/C18H15FN2O/c1-2-18(22)21-10-13-4-3-12(7-15(13)11-21)17-6-5-16(19)8-14(17)9-20/h3-8H,2,10-11H2,1H3. The van der Waals surface area contributed by atoms with E-state index in [0.717, 1.165) is 16.7 Å². The van der Waals surface area contributed by atoms with Gasteiger partial charge in [0.15, 0.2) is 0 Å². The zero-order chi connectivity index (χ0) is 15.7. The van der Waals surface area contributed by atoms with Crippen molar-refractivity contribution >= 4 is 5.91 Å². The molecule has 110 valence electrons. The quantitative estimate of drug-likeness (QED) is 0.849. The molecule has 0 saturated carbocycles. The minimum absolute atomic E-state index is 0.136. The van der Waals surface area contributed by atoms with Crippen LogP contribution >= 0.6 is 0 Å². The van der Waals surface area contributed by atoms with Gasteiger partial charge in [-0.3, -0.25) is 4.79 Å². The molecule has 0 saturated heterocycles. The van der Waals surface area contributed by atoms with E-state index in [1.54, 1.807) is 6.07 Å². The average Bonchev–Trinajstić information content (AvgIpc) is 2.97. The third-order valence-electron chi connectivity index (χ3n) is 4.00. The highest BCUT2D eigenvalue weighted by atomic mass is 19.1. The van der Waals surface area contributed by atoms with Gasteiger partial charge < -0.3 is 4.90 Å². The SMILES string of the molecule is CCC(=O)N1Cc2ccc(-c3ccc(F)cc3C#N)cc2C1. The van der Waals surface area contributed by atoms with Crippen LogP contribution in [0, 0.1) is 17.1 Å². The van der Waals surface area contributed by atoms with E-state index in [9.17, 15) is 14.4 Å². The van der Waals surface area contributed by atoms with Gasteiger partial charge in [0.25, 0.3) is 0 Å². The maximum absolute atomic E-state index is 13.3. The number of benzene rings is 2. The molecule has 0 aliphatic carbocycles. The van der Waals surface area contributed by atoms with Crippen LogP contribution in [-0.2, 0) is 17.9 Å². The molecule has 0 atom stereocenters. The zero-order valence-electron chi connectivity index (χ0n) is 12.3. The Morgan fingerprint density at radius 3 is 2.73 bits per heavy atom. The van der Waals surface area contributed by atoms with Crippen LogP contribution in [0.5, 0.6) is 0 Å². The molecule has 0 aromatic heterocycles. The normalized spacial score (nSPS) is 12.9. The van der Waals surface area contributed by atoms with Crippen molar-refractivity contribution < 1.29 is 9.18 Å². The first-order chi connectivity index (χ1) is 10.6. The average molecular weight is 294 g/mol. The van der Waals surface area contributed by atoms with Gasteiger partial charge in [-0.2, -0.15) is 5.26 Å². The molecule has 0 N–H and O–H groups in total. The summed E-state index contributed by atoms with van der Waals surface area (Å²) in [5.74, 6) is -0.279. The van der Waals surface area contributed by atoms with Crippen molar-refractivity contribution in [2.45, 2.75) is 26.4 Å². The van der Waals surface area contributed by atoms with E-state index < -0.39 is 5.82 Å². The fourth-order valence-corrected chi connectivity index (χ4v) is 2.82. The van der Waals surface area contributed by atoms with Gasteiger partial charge in [0.1, 0.15) is 5.82 Å². The lowest BCUT2D eigenvalue weighted by Gasteiger charge is -2.13. The van der Waals surface area contributed by atoms with Gasteiger partial charge in [0.05, 0.1) is 11.6 Å². The minimum atomic E-state index is -0.416. The fraction of sp³-hybridized carbons (Fsp3) is 0.222. The molecule has 1 amide bonds. The number of nitriles is 1. The molecule has 1 aliphatic rings. The maximum Gasteiger partial charge on any atom is 0.222 e. The predicted octanol–water partition coefficient (Wildman–Crippen LogP) is 3.62. The van der Waals surface area contributed by atoms with Crippen molar-refractivity contribution in [2.75, 3.05) is 0 Å². The van der Waals surface area contributed by atoms with Gasteiger partial charge in [0, 0.05) is 19.5 Å². The summed E-state index contributed by atoms with van der Waals surface area (Å²) in [5, 5.41) is 9.17. The van der Waals surface area contributed by atoms with Gasteiger partial charge in [-0.05, 0) is 40.5 Å². The Labute approximate surface area is 128 Å². The largest absolute Gasteiger partial charge is 0.334 e. The summed E-state index contributed by atoms with van der Waals surface area (Å²) >= 11 is 0. The predicted molar refractivity (Wildman–Crippen MR) is 81.1 cm³/mol. The first-order valence-corrected chi connectivity index (χ1v) is 7.22. The maximum atomic E-state index is 13.3. The monoisotopic (exact) mass is 294 g/mol. The Kier molecular flexibility index (Phi) is 3.64. The van der Waals surface area contributed by atoms with E-state index >= 15 is 0 Å². The van der Waals surface area contributed by atoms with Gasteiger partial charge in [0.2, 0.25) is 5.91 Å². The van der Waals surface area contributed by atoms with Crippen molar-refractivity contribution in [1.29, 1.82) is 5.26 Å². The van der Waals surface area contributed by atoms with Gasteiger partial charge in [-0.1, -0.05) is 25.1 Å². The number of hydrogen-bond acceptors (Lipinski definition) is 2. The number of rotatable bonds is 2. The molecule has 3 rings (SSSR count). The number of halogens is 1. The van der Waals surface area contributed by atoms with Gasteiger partial charge in [-0.25, -0.2) is 4.39 Å². The molecule has 0 fully saturated rings. The van der Waals surface area contributed by atoms with Crippen molar-refractivity contribution in [2.24, 2.45) is 0 Å². The molecule has 1 aliphatic heterocycles. The van der Waals surface area contributed by atoms with Crippen LogP contribution in [0.25, 0.3) is 11.1 Å². The summed E-state index contributed by atoms with van der Waals surface area (Å²) in [6.07, 6.45) is 0.497. The second-order valence-corrected chi connectivity index (χ2v) is 5.39. The molecule has 2 aromatic carbocycles. The highest BCUT2D eigenvalue weighted by Crippen LogP contribution is 2.30. The molecular formula is C18H15FN2O. The number of carbonyl (C=O) groups is 1. The summed E-state index contributed by atoms with van der Waals surface area (Å²) in [7, 11) is 0. The molecule has 0 bridgehead atoms. The topological polar surface area (TPSA) is 44.1 Å². The summed E-state index contributed by atoms with van der Waals surface area (Å²) in [6, 6.07) is 12.2. The van der Waals surface area contributed by atoms with Crippen molar-refractivity contribution in [1.82, 2.24) is 4.90 Å². The molecule has 22 heavy (non-hydrogen) atoms. The smallest absolute Gasteiger partial charge is 0.222 e. The highest BCUT2D eigenvalue weighted by molar-refractivity contribution is 5.77. The number of nitrogens with zero attached hydrogens (tertiary/aromatic N) is 2. The third-order valence-corrected chi connectivity index (χ3v) is 4.00. The van der Waals surface area contributed by atoms with Crippen LogP contribution in [-0.4, -0.2) is 10.8 Å². The van der Waals surface area contributed by atoms with Crippen molar-refractivity contribution in [3.63, 3.8) is 0 Å². The summed E-state index contributed by atoms with van der Waals surface area (Å²) < 4.78 is 13.3. The summed E-state index contributed by atoms with van der Waals surface area (Å²) in [6.45, 7) is 3.09. The first-order valence-electron chi connectivity index (χ1n) is 7.22. The van der Waals surface area contributed by atoms with E-state index in [0.29, 0.717) is 30.6 Å². The Morgan fingerprint density at radius 1 is 1.23 bits per heavy atom. The number of carbonyl (C=O) groups excluding carboxylic acids is 1. The molecule has 1 heterocycles. The number of hydrogen-bond donors (Lipinski definition) is 0. The minimum Gasteiger partial charge on any atom is -0.334 e. The van der Waals surface area contributed by atoms with Crippen LogP contribution in [0.3, 0.4) is 0 Å². The lowest BCUT2D eigenvalue weighted by Crippen LogP contribution is -2.23. The van der Waals surface area contributed by atoms with E-state index in [1.807, 2.05) is 36.1 Å². The van der Waals surface area contributed by atoms with Crippen LogP contribution in [0.2, 0.25) is 0 Å². The lowest BCUT2D eigenvalue weighted by atomic mass is 9.97. The Balaban J connectivity index is 1.97. The van der Waals surface area contributed by atoms with Crippen LogP contribution in [0.15, 0.2) is 36.4 Å². The molecule has 3 nitrogen and oxygen atoms in total. The number of amides is 1. The van der Waals surface area contributed by atoms with Crippen molar-refractivity contribution in [3.8, 4) is 17.2 Å². The van der Waals surface area contributed by atoms with Crippen LogP contribution in [0.4, 0.5) is 4.39 Å². The molecular weight excluding hydrogens is 279 g/mol. The van der Waals surface area contributed by atoms with Gasteiger partial charge >= 0.3 is 0 Å². The fourth-order valence-electron chi connectivity index (χ4n) is 2.82. The van der Waals surface area contributed by atoms with E-state index in [4.69, 9.17) is 0 Å². The molecule has 0 radical (unpaired) electrons. The Hall–Kier alpha value is -2.67. The van der Waals surface area contributed by atoms with E-state index in [1.165, 1.54) is 12.1 Å². The Morgan fingerprint density at radius 2 is 2.00 bits per heavy atom. The highest BCUT2D eigenvalue weighted by Gasteiger charge is 2.22. The second kappa shape index (κ2) is 5.61. The first kappa shape index (κ1) is 14.3. The lowest BCUT2D eigenvalue weighted by molar-refractivity contribution is -0.131. The van der Waals surface area contributed by atoms with Crippen LogP contribution in [0.1, 0.15) is 30.0 Å². The van der Waals surface area contributed by atoms with E-state index in [-0.39, 0.29) is 5.91 Å². The number of fused-ring (bicyclic) bond motifs is 1. The zero-order valence-corrected chi connectivity index (χ0v) is 12.3. The second-order valence-electron chi connectivity index (χ2n) is 5.39. The van der Waals surface area contributed by atoms with E-state index in [2.05, 4.69) is 0 Å². The van der Waals surface area contributed by atoms with Gasteiger partial charge in [-0.15, -0.1) is 0 Å². The summed E-state index contributed by atoms with van der Waals surface area (Å²) in [4.78, 5) is 13.6. The molecule has 2 aromatic rings. The van der Waals surface area contributed by atoms with Crippen molar-refractivity contribution in [3.05, 3.63) is 58.9 Å². The van der Waals surface area contributed by atoms with Crippen LogP contribution < -0.4 is 0 Å². The Bertz CT molecular complexity index is 792. The molecule has 0 unspecified atom stereocenters. The summed E-state index contributed by atoms with van der Waals surface area (Å²) in [5.41, 5.74) is 4.13.